The minimum atomic E-state index is -0.565. The van der Waals surface area contributed by atoms with E-state index in [-0.39, 0.29) is 17.3 Å². The predicted octanol–water partition coefficient (Wildman–Crippen LogP) is 3.11. The summed E-state index contributed by atoms with van der Waals surface area (Å²) in [6, 6.07) is 13.9. The van der Waals surface area contributed by atoms with E-state index < -0.39 is 11.6 Å². The molecule has 4 rings (SSSR count). The summed E-state index contributed by atoms with van der Waals surface area (Å²) in [7, 11) is 1.30. The molecule has 0 N–H and O–H groups in total. The number of piperidine rings is 1. The molecule has 1 amide bonds. The van der Waals surface area contributed by atoms with Crippen LogP contribution in [0.15, 0.2) is 48.5 Å². The normalized spacial score (nSPS) is 17.6. The van der Waals surface area contributed by atoms with Crippen molar-refractivity contribution in [2.45, 2.75) is 24.9 Å². The number of amides is 1. The minimum absolute atomic E-state index is 0.0812. The van der Waals surface area contributed by atoms with Crippen LogP contribution in [0.25, 0.3) is 0 Å². The molecular formula is C22H21NO5. The first-order chi connectivity index (χ1) is 13.5. The predicted molar refractivity (Wildman–Crippen MR) is 102 cm³/mol. The summed E-state index contributed by atoms with van der Waals surface area (Å²) in [6.45, 7) is 0.924. The van der Waals surface area contributed by atoms with Crippen LogP contribution < -0.4 is 4.74 Å². The molecule has 144 valence electrons. The number of benzene rings is 2. The molecule has 0 aliphatic carbocycles. The van der Waals surface area contributed by atoms with Gasteiger partial charge < -0.3 is 14.4 Å². The lowest BCUT2D eigenvalue weighted by molar-refractivity contribution is -0.00581. The molecule has 1 saturated heterocycles. The van der Waals surface area contributed by atoms with E-state index in [1.165, 1.54) is 7.11 Å². The van der Waals surface area contributed by atoms with E-state index in [9.17, 15) is 14.4 Å². The average Bonchev–Trinajstić information content (AvgIpc) is 2.73. The van der Waals surface area contributed by atoms with Gasteiger partial charge in [-0.25, -0.2) is 4.79 Å². The van der Waals surface area contributed by atoms with Crippen molar-refractivity contribution < 1.29 is 23.9 Å². The van der Waals surface area contributed by atoms with Crippen LogP contribution in [-0.2, 0) is 4.74 Å². The lowest BCUT2D eigenvalue weighted by Gasteiger charge is -2.44. The number of carbonyl (C=O) groups is 3. The number of Topliss-reactive ketones (excluding diaryl/α,β-unsaturated/α-hetero) is 1. The van der Waals surface area contributed by atoms with Crippen LogP contribution in [-0.4, -0.2) is 48.4 Å². The quantitative estimate of drug-likeness (QED) is 0.750. The number of likely N-dealkylation sites (tertiary alicyclic amines) is 1. The third kappa shape index (κ3) is 3.15. The summed E-state index contributed by atoms with van der Waals surface area (Å²) >= 11 is 0. The molecule has 0 aromatic heterocycles. The molecule has 28 heavy (non-hydrogen) atoms. The van der Waals surface area contributed by atoms with Crippen LogP contribution in [0, 0.1) is 0 Å². The van der Waals surface area contributed by atoms with Crippen molar-refractivity contribution in [2.24, 2.45) is 0 Å². The molecule has 6 nitrogen and oxygen atoms in total. The highest BCUT2D eigenvalue weighted by Gasteiger charge is 2.43. The Labute approximate surface area is 163 Å². The van der Waals surface area contributed by atoms with Gasteiger partial charge in [-0.2, -0.15) is 0 Å². The molecule has 2 aromatic carbocycles. The number of ketones is 1. The number of methoxy groups -OCH3 is 1. The van der Waals surface area contributed by atoms with Crippen LogP contribution in [0.4, 0.5) is 0 Å². The number of ether oxygens (including phenoxy) is 2. The SMILES string of the molecule is COC(=O)c1ccccc1C(=O)N1CCC2(CC1)CC(=O)c1ccccc1O2. The molecule has 0 bridgehead atoms. The topological polar surface area (TPSA) is 72.9 Å². The Balaban J connectivity index is 1.50. The van der Waals surface area contributed by atoms with Gasteiger partial charge in [-0.15, -0.1) is 0 Å². The van der Waals surface area contributed by atoms with Crippen molar-refractivity contribution in [2.75, 3.05) is 20.2 Å². The fourth-order valence-electron chi connectivity index (χ4n) is 3.97. The highest BCUT2D eigenvalue weighted by atomic mass is 16.5. The van der Waals surface area contributed by atoms with Gasteiger partial charge in [0.1, 0.15) is 11.4 Å². The summed E-state index contributed by atoms with van der Waals surface area (Å²) in [5.74, 6) is -0.0409. The van der Waals surface area contributed by atoms with Crippen molar-refractivity contribution in [1.82, 2.24) is 4.90 Å². The van der Waals surface area contributed by atoms with E-state index >= 15 is 0 Å². The second kappa shape index (κ2) is 7.11. The van der Waals surface area contributed by atoms with E-state index in [4.69, 9.17) is 9.47 Å². The Bertz CT molecular complexity index is 943. The van der Waals surface area contributed by atoms with Crippen LogP contribution in [0.1, 0.15) is 50.3 Å². The number of esters is 1. The van der Waals surface area contributed by atoms with E-state index in [1.807, 2.05) is 18.2 Å². The molecular weight excluding hydrogens is 358 g/mol. The summed E-state index contributed by atoms with van der Waals surface area (Å²) in [4.78, 5) is 39.2. The molecule has 2 aromatic rings. The summed E-state index contributed by atoms with van der Waals surface area (Å²) in [5.41, 5.74) is 0.646. The van der Waals surface area contributed by atoms with E-state index in [2.05, 4.69) is 0 Å². The van der Waals surface area contributed by atoms with Crippen LogP contribution >= 0.6 is 0 Å². The van der Waals surface area contributed by atoms with Crippen molar-refractivity contribution in [3.8, 4) is 5.75 Å². The number of fused-ring (bicyclic) bond motifs is 1. The van der Waals surface area contributed by atoms with Gasteiger partial charge in [-0.1, -0.05) is 24.3 Å². The van der Waals surface area contributed by atoms with Gasteiger partial charge in [0.25, 0.3) is 5.91 Å². The number of carbonyl (C=O) groups excluding carboxylic acids is 3. The first-order valence-corrected chi connectivity index (χ1v) is 9.31. The second-order valence-corrected chi connectivity index (χ2v) is 7.21. The molecule has 2 aliphatic rings. The van der Waals surface area contributed by atoms with E-state index in [1.54, 1.807) is 35.2 Å². The first-order valence-electron chi connectivity index (χ1n) is 9.31. The maximum Gasteiger partial charge on any atom is 0.338 e. The lowest BCUT2D eigenvalue weighted by atomic mass is 9.82. The summed E-state index contributed by atoms with van der Waals surface area (Å²) in [5, 5.41) is 0. The zero-order valence-corrected chi connectivity index (χ0v) is 15.6. The summed E-state index contributed by atoms with van der Waals surface area (Å²) < 4.78 is 11.0. The molecule has 0 radical (unpaired) electrons. The van der Waals surface area contributed by atoms with Crippen molar-refractivity contribution in [3.63, 3.8) is 0 Å². The van der Waals surface area contributed by atoms with Gasteiger partial charge in [0.15, 0.2) is 5.78 Å². The Morgan fingerprint density at radius 2 is 1.64 bits per heavy atom. The fraction of sp³-hybridized carbons (Fsp3) is 0.318. The van der Waals surface area contributed by atoms with Crippen molar-refractivity contribution in [1.29, 1.82) is 0 Å². The highest BCUT2D eigenvalue weighted by molar-refractivity contribution is 6.05. The molecule has 0 unspecified atom stereocenters. The van der Waals surface area contributed by atoms with Gasteiger partial charge in [0.05, 0.1) is 30.2 Å². The Morgan fingerprint density at radius 3 is 2.36 bits per heavy atom. The highest BCUT2D eigenvalue weighted by Crippen LogP contribution is 2.39. The average molecular weight is 379 g/mol. The molecule has 1 fully saturated rings. The van der Waals surface area contributed by atoms with Crippen LogP contribution in [0.2, 0.25) is 0 Å². The Kier molecular flexibility index (Phi) is 4.63. The fourth-order valence-corrected chi connectivity index (χ4v) is 3.97. The molecule has 2 heterocycles. The smallest absolute Gasteiger partial charge is 0.338 e. The molecule has 2 aliphatic heterocycles. The van der Waals surface area contributed by atoms with Gasteiger partial charge in [-0.05, 0) is 24.3 Å². The van der Waals surface area contributed by atoms with Crippen LogP contribution in [0.3, 0.4) is 0 Å². The minimum Gasteiger partial charge on any atom is -0.486 e. The second-order valence-electron chi connectivity index (χ2n) is 7.21. The summed E-state index contributed by atoms with van der Waals surface area (Å²) in [6.07, 6.45) is 1.46. The van der Waals surface area contributed by atoms with Gasteiger partial charge in [-0.3, -0.25) is 9.59 Å². The number of nitrogens with zero attached hydrogens (tertiary/aromatic N) is 1. The standard InChI is InChI=1S/C22H21NO5/c1-27-21(26)16-7-3-2-6-15(16)20(25)23-12-10-22(11-13-23)14-18(24)17-8-4-5-9-19(17)28-22/h2-9H,10-14H2,1H3. The first kappa shape index (κ1) is 18.2. The van der Waals surface area contributed by atoms with Gasteiger partial charge >= 0.3 is 5.97 Å². The Morgan fingerprint density at radius 1 is 1.00 bits per heavy atom. The lowest BCUT2D eigenvalue weighted by Crippen LogP contribution is -2.52. The zero-order valence-electron chi connectivity index (χ0n) is 15.6. The van der Waals surface area contributed by atoms with Gasteiger partial charge in [0.2, 0.25) is 0 Å². The van der Waals surface area contributed by atoms with Crippen molar-refractivity contribution in [3.05, 3.63) is 65.2 Å². The van der Waals surface area contributed by atoms with Crippen LogP contribution in [0.5, 0.6) is 5.75 Å². The third-order valence-corrected chi connectivity index (χ3v) is 5.52. The number of rotatable bonds is 2. The molecule has 0 atom stereocenters. The number of hydrogen-bond acceptors (Lipinski definition) is 5. The van der Waals surface area contributed by atoms with Gasteiger partial charge in [0, 0.05) is 25.9 Å². The zero-order chi connectivity index (χ0) is 19.7. The maximum atomic E-state index is 13.0. The van der Waals surface area contributed by atoms with Crippen molar-refractivity contribution >= 4 is 17.7 Å². The molecule has 1 spiro atoms. The maximum absolute atomic E-state index is 13.0. The number of hydrogen-bond donors (Lipinski definition) is 0. The molecule has 0 saturated carbocycles. The monoisotopic (exact) mass is 379 g/mol. The van der Waals surface area contributed by atoms with E-state index in [0.29, 0.717) is 49.2 Å². The Hall–Kier alpha value is -3.15. The molecule has 6 heteroatoms. The van der Waals surface area contributed by atoms with E-state index in [0.717, 1.165) is 0 Å². The third-order valence-electron chi connectivity index (χ3n) is 5.52. The largest absolute Gasteiger partial charge is 0.486 e. The number of para-hydroxylation sites is 1.